The molecular formula is C19H30IN5S. The molecule has 2 rings (SSSR count). The molecule has 0 spiro atoms. The fraction of sp³-hybridized carbons (Fsp3) is 0.474. The van der Waals surface area contributed by atoms with Crippen LogP contribution in [-0.2, 0) is 13.1 Å². The number of aliphatic imine (C=N–C) groups is 1. The fourth-order valence-corrected chi connectivity index (χ4v) is 3.12. The molecule has 0 fully saturated rings. The lowest BCUT2D eigenvalue weighted by molar-refractivity contribution is 0.473. The maximum Gasteiger partial charge on any atom is 0.193 e. The summed E-state index contributed by atoms with van der Waals surface area (Å²) in [6, 6.07) is 8.70. The molecule has 0 amide bonds. The molecule has 7 heteroatoms. The van der Waals surface area contributed by atoms with Gasteiger partial charge >= 0.3 is 0 Å². The molecule has 0 bridgehead atoms. The Balaban J connectivity index is 0.00000338. The van der Waals surface area contributed by atoms with Crippen LogP contribution in [0.5, 0.6) is 0 Å². The molecule has 5 nitrogen and oxygen atoms in total. The van der Waals surface area contributed by atoms with Gasteiger partial charge in [-0.25, -0.2) is 4.98 Å². The summed E-state index contributed by atoms with van der Waals surface area (Å²) in [6.45, 7) is 4.84. The molecule has 0 saturated carbocycles. The van der Waals surface area contributed by atoms with Crippen LogP contribution in [0.4, 0.5) is 0 Å². The average Bonchev–Trinajstić information content (AvgIpc) is 3.03. The van der Waals surface area contributed by atoms with E-state index in [9.17, 15) is 0 Å². The summed E-state index contributed by atoms with van der Waals surface area (Å²) in [6.07, 6.45) is 8.23. The average molecular weight is 487 g/mol. The largest absolute Gasteiger partial charge is 0.356 e. The van der Waals surface area contributed by atoms with Crippen molar-refractivity contribution in [3.05, 3.63) is 48.0 Å². The number of nitrogens with one attached hydrogen (secondary N) is 1. The predicted molar refractivity (Wildman–Crippen MR) is 123 cm³/mol. The van der Waals surface area contributed by atoms with Crippen molar-refractivity contribution >= 4 is 41.7 Å². The number of thioether (sulfide) groups is 1. The van der Waals surface area contributed by atoms with Crippen LogP contribution in [0.2, 0.25) is 0 Å². The minimum atomic E-state index is 0. The highest BCUT2D eigenvalue weighted by Gasteiger charge is 2.06. The Morgan fingerprint density at radius 2 is 2.00 bits per heavy atom. The molecule has 0 aliphatic carbocycles. The summed E-state index contributed by atoms with van der Waals surface area (Å²) in [7, 11) is 3.91. The molecule has 0 atom stereocenters. The Bertz CT molecular complexity index is 669. The van der Waals surface area contributed by atoms with E-state index in [1.54, 1.807) is 11.8 Å². The highest BCUT2D eigenvalue weighted by Crippen LogP contribution is 2.15. The van der Waals surface area contributed by atoms with Gasteiger partial charge in [0.2, 0.25) is 0 Å². The van der Waals surface area contributed by atoms with Crippen molar-refractivity contribution in [2.45, 2.75) is 37.8 Å². The summed E-state index contributed by atoms with van der Waals surface area (Å²) >= 11 is 1.77. The molecule has 0 aliphatic rings. The van der Waals surface area contributed by atoms with Crippen molar-refractivity contribution in [2.75, 3.05) is 26.9 Å². The van der Waals surface area contributed by atoms with Gasteiger partial charge in [-0.1, -0.05) is 12.1 Å². The summed E-state index contributed by atoms with van der Waals surface area (Å²) in [5, 5.41) is 3.45. The topological polar surface area (TPSA) is 45.5 Å². The molecule has 1 aromatic heterocycles. The zero-order valence-corrected chi connectivity index (χ0v) is 19.3. The number of nitrogens with zero attached hydrogens (tertiary/aromatic N) is 4. The molecule has 0 aliphatic heterocycles. The molecule has 2 aromatic rings. The van der Waals surface area contributed by atoms with Gasteiger partial charge in [0, 0.05) is 51.0 Å². The monoisotopic (exact) mass is 487 g/mol. The van der Waals surface area contributed by atoms with Gasteiger partial charge in [-0.3, -0.25) is 4.99 Å². The number of hydrogen-bond donors (Lipinski definition) is 1. The standard InChI is InChI=1S/C19H29N5S.HI/c1-16-21-12-14-24(16)13-6-5-11-22-19(20-2)23(3)15-17-7-9-18(25-4)10-8-17;/h7-10,12,14H,5-6,11,13,15H2,1-4H3,(H,20,22);1H. The van der Waals surface area contributed by atoms with Crippen molar-refractivity contribution in [3.63, 3.8) is 0 Å². The van der Waals surface area contributed by atoms with Crippen LogP contribution in [0.3, 0.4) is 0 Å². The van der Waals surface area contributed by atoms with Crippen molar-refractivity contribution < 1.29 is 0 Å². The number of aryl methyl sites for hydroxylation is 2. The molecule has 1 aromatic carbocycles. The van der Waals surface area contributed by atoms with Crippen LogP contribution < -0.4 is 5.32 Å². The van der Waals surface area contributed by atoms with Gasteiger partial charge in [-0.05, 0) is 43.7 Å². The lowest BCUT2D eigenvalue weighted by Crippen LogP contribution is -2.38. The third-order valence-corrected chi connectivity index (χ3v) is 4.93. The number of imidazole rings is 1. The van der Waals surface area contributed by atoms with Crippen molar-refractivity contribution in [1.82, 2.24) is 19.8 Å². The van der Waals surface area contributed by atoms with E-state index in [0.29, 0.717) is 0 Å². The van der Waals surface area contributed by atoms with Gasteiger partial charge in [-0.2, -0.15) is 0 Å². The number of guanidine groups is 1. The van der Waals surface area contributed by atoms with Crippen LogP contribution in [0.15, 0.2) is 46.5 Å². The second-order valence-electron chi connectivity index (χ2n) is 6.05. The van der Waals surface area contributed by atoms with Crippen LogP contribution in [0.25, 0.3) is 0 Å². The quantitative estimate of drug-likeness (QED) is 0.201. The maximum atomic E-state index is 4.39. The highest BCUT2D eigenvalue weighted by molar-refractivity contribution is 14.0. The van der Waals surface area contributed by atoms with Gasteiger partial charge in [0.25, 0.3) is 0 Å². The van der Waals surface area contributed by atoms with Crippen molar-refractivity contribution in [3.8, 4) is 0 Å². The van der Waals surface area contributed by atoms with Gasteiger partial charge in [0.15, 0.2) is 5.96 Å². The van der Waals surface area contributed by atoms with Gasteiger partial charge in [0.1, 0.15) is 5.82 Å². The minimum absolute atomic E-state index is 0. The Labute approximate surface area is 178 Å². The highest BCUT2D eigenvalue weighted by atomic mass is 127. The van der Waals surface area contributed by atoms with E-state index in [2.05, 4.69) is 62.3 Å². The van der Waals surface area contributed by atoms with Gasteiger partial charge < -0.3 is 14.8 Å². The first kappa shape index (κ1) is 22.8. The smallest absolute Gasteiger partial charge is 0.193 e. The fourth-order valence-electron chi connectivity index (χ4n) is 2.71. The van der Waals surface area contributed by atoms with E-state index in [-0.39, 0.29) is 24.0 Å². The molecule has 1 N–H and O–H groups in total. The Hall–Kier alpha value is -1.22. The van der Waals surface area contributed by atoms with Crippen LogP contribution in [0, 0.1) is 6.92 Å². The number of aromatic nitrogens is 2. The first-order valence-electron chi connectivity index (χ1n) is 8.66. The van der Waals surface area contributed by atoms with E-state index in [4.69, 9.17) is 0 Å². The molecular weight excluding hydrogens is 457 g/mol. The SMILES string of the molecule is CN=C(NCCCCn1ccnc1C)N(C)Cc1ccc(SC)cc1.I. The number of unbranched alkanes of at least 4 members (excludes halogenated alkanes) is 1. The van der Waals surface area contributed by atoms with Gasteiger partial charge in [0.05, 0.1) is 0 Å². The van der Waals surface area contributed by atoms with E-state index >= 15 is 0 Å². The van der Waals surface area contributed by atoms with E-state index < -0.39 is 0 Å². The van der Waals surface area contributed by atoms with Crippen LogP contribution >= 0.6 is 35.7 Å². The molecule has 26 heavy (non-hydrogen) atoms. The molecule has 0 radical (unpaired) electrons. The summed E-state index contributed by atoms with van der Waals surface area (Å²) in [5.41, 5.74) is 1.29. The second-order valence-corrected chi connectivity index (χ2v) is 6.93. The Morgan fingerprint density at radius 3 is 2.58 bits per heavy atom. The van der Waals surface area contributed by atoms with E-state index in [0.717, 1.165) is 44.3 Å². The molecule has 1 heterocycles. The Kier molecular flexibility index (Phi) is 10.7. The zero-order valence-electron chi connectivity index (χ0n) is 16.1. The van der Waals surface area contributed by atoms with E-state index in [1.165, 1.54) is 10.5 Å². The first-order valence-corrected chi connectivity index (χ1v) is 9.89. The van der Waals surface area contributed by atoms with Crippen LogP contribution in [-0.4, -0.2) is 47.3 Å². The summed E-state index contributed by atoms with van der Waals surface area (Å²) < 4.78 is 2.19. The number of hydrogen-bond acceptors (Lipinski definition) is 3. The predicted octanol–water partition coefficient (Wildman–Crippen LogP) is 4.02. The number of rotatable bonds is 8. The summed E-state index contributed by atoms with van der Waals surface area (Å²) in [5.74, 6) is 2.02. The Morgan fingerprint density at radius 1 is 1.27 bits per heavy atom. The van der Waals surface area contributed by atoms with Crippen LogP contribution in [0.1, 0.15) is 24.2 Å². The molecule has 144 valence electrons. The van der Waals surface area contributed by atoms with Crippen molar-refractivity contribution in [2.24, 2.45) is 4.99 Å². The lowest BCUT2D eigenvalue weighted by atomic mass is 10.2. The molecule has 0 unspecified atom stereocenters. The first-order chi connectivity index (χ1) is 12.1. The minimum Gasteiger partial charge on any atom is -0.356 e. The third-order valence-electron chi connectivity index (χ3n) is 4.18. The van der Waals surface area contributed by atoms with Gasteiger partial charge in [-0.15, -0.1) is 35.7 Å². The van der Waals surface area contributed by atoms with Crippen molar-refractivity contribution in [1.29, 1.82) is 0 Å². The summed E-state index contributed by atoms with van der Waals surface area (Å²) in [4.78, 5) is 12.1. The lowest BCUT2D eigenvalue weighted by Gasteiger charge is -2.22. The maximum absolute atomic E-state index is 4.39. The normalized spacial score (nSPS) is 11.2. The number of benzene rings is 1. The second kappa shape index (κ2) is 12.2. The zero-order chi connectivity index (χ0) is 18.1. The van der Waals surface area contributed by atoms with E-state index in [1.807, 2.05) is 26.4 Å². The molecule has 0 saturated heterocycles. The third kappa shape index (κ3) is 7.19. The number of halogens is 1.